The molecule has 0 aliphatic carbocycles. The molecule has 2 atom stereocenters. The number of hydrogen-bond donors (Lipinski definition) is 5. The third kappa shape index (κ3) is 8.31. The maximum Gasteiger partial charge on any atom is 0.321 e. The van der Waals surface area contributed by atoms with Gasteiger partial charge in [-0.25, -0.2) is 9.78 Å². The number of piperidine rings is 1. The minimum absolute atomic E-state index is 0.0114. The van der Waals surface area contributed by atoms with E-state index in [4.69, 9.17) is 4.98 Å². The first kappa shape index (κ1) is 38.2. The summed E-state index contributed by atoms with van der Waals surface area (Å²) in [5, 5.41) is 26.5. The van der Waals surface area contributed by atoms with E-state index >= 15 is 0 Å². The lowest BCUT2D eigenvalue weighted by Crippen LogP contribution is -2.52. The van der Waals surface area contributed by atoms with Crippen molar-refractivity contribution in [1.29, 1.82) is 0 Å². The van der Waals surface area contributed by atoms with Crippen molar-refractivity contribution >= 4 is 62.7 Å². The van der Waals surface area contributed by atoms with Gasteiger partial charge in [-0.3, -0.25) is 24.6 Å². The van der Waals surface area contributed by atoms with Crippen LogP contribution in [0.4, 0.5) is 22.1 Å². The Morgan fingerprint density at radius 3 is 2.53 bits per heavy atom. The Hall–Kier alpha value is -5.06. The molecule has 2 unspecified atom stereocenters. The zero-order chi connectivity index (χ0) is 38.8. The number of imide groups is 1. The first-order chi connectivity index (χ1) is 26.5. The summed E-state index contributed by atoms with van der Waals surface area (Å²) in [5.74, 6) is 0.768. The molecule has 0 saturated carbocycles. The standard InChI is InChI=1S/C39H47BrN10O5/c1-4-27(22-51)43-33-17-34(50-36(45-33)30(19-42-50)23(2)3)41-18-24-5-7-28(8-6-24)44-39(55)48-13-11-47(12-14-48)20-26-15-25-21-49(38(54)29(25)16-31(26)40)32-9-10-35(52)46-37(32)53/h5-8,15-17,19,23,27,32,41,51H,4,9-14,18,20-22H2,1-3H3,(H,43,45)(H,44,55)(H,46,52,53). The van der Waals surface area contributed by atoms with Crippen LogP contribution in [0, 0.1) is 0 Å². The molecule has 2 aromatic carbocycles. The number of halogens is 1. The molecule has 55 heavy (non-hydrogen) atoms. The number of amides is 5. The molecule has 290 valence electrons. The molecule has 16 heteroatoms. The Morgan fingerprint density at radius 1 is 1.07 bits per heavy atom. The van der Waals surface area contributed by atoms with Crippen molar-refractivity contribution in [3.8, 4) is 0 Å². The van der Waals surface area contributed by atoms with Gasteiger partial charge in [0.1, 0.15) is 17.7 Å². The molecule has 3 aliphatic heterocycles. The van der Waals surface area contributed by atoms with Crippen LogP contribution < -0.4 is 21.3 Å². The second-order valence-electron chi connectivity index (χ2n) is 14.7. The molecule has 3 aliphatic rings. The molecular formula is C39H47BrN10O5. The molecular weight excluding hydrogens is 768 g/mol. The zero-order valence-corrected chi connectivity index (χ0v) is 32.9. The first-order valence-corrected chi connectivity index (χ1v) is 19.6. The molecule has 0 radical (unpaired) electrons. The number of carbonyl (C=O) groups excluding carboxylic acids is 4. The molecule has 7 rings (SSSR count). The summed E-state index contributed by atoms with van der Waals surface area (Å²) in [7, 11) is 0. The van der Waals surface area contributed by atoms with Gasteiger partial charge < -0.3 is 30.9 Å². The summed E-state index contributed by atoms with van der Waals surface area (Å²) in [4.78, 5) is 60.9. The van der Waals surface area contributed by atoms with Crippen LogP contribution in [0.15, 0.2) is 53.1 Å². The predicted molar refractivity (Wildman–Crippen MR) is 212 cm³/mol. The van der Waals surface area contributed by atoms with E-state index in [1.807, 2.05) is 60.5 Å². The number of aliphatic hydroxyl groups is 1. The maximum absolute atomic E-state index is 13.2. The fourth-order valence-corrected chi connectivity index (χ4v) is 7.75. The fraction of sp³-hybridized carbons (Fsp3) is 0.436. The number of hydrogen-bond acceptors (Lipinski definition) is 10. The Kier molecular flexibility index (Phi) is 11.4. The Bertz CT molecular complexity index is 2090. The smallest absolute Gasteiger partial charge is 0.321 e. The summed E-state index contributed by atoms with van der Waals surface area (Å²) < 4.78 is 2.63. The van der Waals surface area contributed by atoms with Gasteiger partial charge in [-0.1, -0.05) is 54.9 Å². The minimum atomic E-state index is -0.650. The zero-order valence-electron chi connectivity index (χ0n) is 31.3. The maximum atomic E-state index is 13.2. The summed E-state index contributed by atoms with van der Waals surface area (Å²) in [6, 6.07) is 12.6. The molecule has 2 fully saturated rings. The van der Waals surface area contributed by atoms with Crippen molar-refractivity contribution in [3.63, 3.8) is 0 Å². The molecule has 0 spiro atoms. The van der Waals surface area contributed by atoms with E-state index in [0.717, 1.165) is 44.6 Å². The van der Waals surface area contributed by atoms with Gasteiger partial charge in [-0.2, -0.15) is 9.61 Å². The summed E-state index contributed by atoms with van der Waals surface area (Å²) in [6.45, 7) is 10.3. The van der Waals surface area contributed by atoms with Gasteiger partial charge in [0, 0.05) is 79.6 Å². The van der Waals surface area contributed by atoms with E-state index in [0.29, 0.717) is 69.3 Å². The SMILES string of the molecule is CCC(CO)Nc1cc(NCc2ccc(NC(=O)N3CCN(Cc4cc5c(cc4Br)C(=O)N(C4CCC(=O)NC4=O)C5)CC3)cc2)n2ncc(C(C)C)c2n1. The van der Waals surface area contributed by atoms with E-state index in [1.54, 1.807) is 9.42 Å². The average Bonchev–Trinajstić information content (AvgIpc) is 3.74. The molecule has 5 heterocycles. The minimum Gasteiger partial charge on any atom is -0.394 e. The predicted octanol–water partition coefficient (Wildman–Crippen LogP) is 4.52. The number of carbonyl (C=O) groups is 4. The fourth-order valence-electron chi connectivity index (χ4n) is 7.29. The number of nitrogens with zero attached hydrogens (tertiary/aromatic N) is 6. The van der Waals surface area contributed by atoms with Crippen LogP contribution in [-0.4, -0.2) is 103 Å². The summed E-state index contributed by atoms with van der Waals surface area (Å²) >= 11 is 3.65. The normalized spacial score (nSPS) is 18.1. The molecule has 5 N–H and O–H groups in total. The third-order valence-electron chi connectivity index (χ3n) is 10.6. The lowest BCUT2D eigenvalue weighted by Gasteiger charge is -2.35. The number of anilines is 3. The molecule has 5 amide bonds. The Morgan fingerprint density at radius 2 is 1.84 bits per heavy atom. The van der Waals surface area contributed by atoms with Crippen LogP contribution >= 0.6 is 15.9 Å². The highest BCUT2D eigenvalue weighted by molar-refractivity contribution is 9.10. The van der Waals surface area contributed by atoms with Crippen molar-refractivity contribution in [2.45, 2.75) is 77.7 Å². The number of aromatic nitrogens is 3. The van der Waals surface area contributed by atoms with Crippen molar-refractivity contribution in [2.75, 3.05) is 48.7 Å². The van der Waals surface area contributed by atoms with Gasteiger partial charge >= 0.3 is 6.03 Å². The van der Waals surface area contributed by atoms with Gasteiger partial charge in [-0.15, -0.1) is 0 Å². The number of fused-ring (bicyclic) bond motifs is 2. The molecule has 4 aromatic rings. The Balaban J connectivity index is 0.912. The second kappa shape index (κ2) is 16.4. The monoisotopic (exact) mass is 814 g/mol. The first-order valence-electron chi connectivity index (χ1n) is 18.8. The van der Waals surface area contributed by atoms with Crippen LogP contribution in [0.25, 0.3) is 5.65 Å². The van der Waals surface area contributed by atoms with Gasteiger partial charge in [0.05, 0.1) is 18.8 Å². The van der Waals surface area contributed by atoms with Crippen molar-refractivity contribution in [2.24, 2.45) is 0 Å². The number of benzene rings is 2. The van der Waals surface area contributed by atoms with Crippen LogP contribution in [0.3, 0.4) is 0 Å². The quantitative estimate of drug-likeness (QED) is 0.128. The highest BCUT2D eigenvalue weighted by Crippen LogP contribution is 2.33. The van der Waals surface area contributed by atoms with Gasteiger partial charge in [0.25, 0.3) is 5.91 Å². The topological polar surface area (TPSA) is 177 Å². The highest BCUT2D eigenvalue weighted by Gasteiger charge is 2.39. The lowest BCUT2D eigenvalue weighted by atomic mass is 10.0. The summed E-state index contributed by atoms with van der Waals surface area (Å²) in [6.07, 6.45) is 3.15. The number of piperazine rings is 1. The van der Waals surface area contributed by atoms with E-state index < -0.39 is 11.9 Å². The van der Waals surface area contributed by atoms with Gasteiger partial charge in [0.15, 0.2) is 5.65 Å². The van der Waals surface area contributed by atoms with E-state index in [2.05, 4.69) is 61.0 Å². The number of nitrogens with one attached hydrogen (secondary N) is 4. The van der Waals surface area contributed by atoms with Gasteiger partial charge in [-0.05, 0) is 53.6 Å². The molecule has 2 saturated heterocycles. The van der Waals surface area contributed by atoms with E-state index in [1.165, 1.54) is 0 Å². The Labute approximate surface area is 328 Å². The van der Waals surface area contributed by atoms with Crippen LogP contribution in [0.5, 0.6) is 0 Å². The van der Waals surface area contributed by atoms with Crippen molar-refractivity contribution in [1.82, 2.24) is 34.6 Å². The molecule has 15 nitrogen and oxygen atoms in total. The number of rotatable bonds is 12. The van der Waals surface area contributed by atoms with E-state index in [9.17, 15) is 24.3 Å². The van der Waals surface area contributed by atoms with Crippen molar-refractivity contribution < 1.29 is 24.3 Å². The van der Waals surface area contributed by atoms with Crippen LogP contribution in [0.2, 0.25) is 0 Å². The van der Waals surface area contributed by atoms with Gasteiger partial charge in [0.2, 0.25) is 11.8 Å². The lowest BCUT2D eigenvalue weighted by molar-refractivity contribution is -0.136. The molecule has 0 bridgehead atoms. The average molecular weight is 816 g/mol. The number of urea groups is 1. The van der Waals surface area contributed by atoms with E-state index in [-0.39, 0.29) is 42.8 Å². The second-order valence-corrected chi connectivity index (χ2v) is 15.5. The number of aliphatic hydroxyl groups excluding tert-OH is 1. The largest absolute Gasteiger partial charge is 0.394 e. The third-order valence-corrected chi connectivity index (χ3v) is 11.3. The molecule has 2 aromatic heterocycles. The summed E-state index contributed by atoms with van der Waals surface area (Å²) in [5.41, 5.74) is 6.01. The van der Waals surface area contributed by atoms with Crippen LogP contribution in [0.1, 0.15) is 78.6 Å². The highest BCUT2D eigenvalue weighted by atomic mass is 79.9. The van der Waals surface area contributed by atoms with Crippen molar-refractivity contribution in [3.05, 3.63) is 81.0 Å². The van der Waals surface area contributed by atoms with Crippen LogP contribution in [-0.2, 0) is 29.2 Å².